The lowest BCUT2D eigenvalue weighted by Crippen LogP contribution is -2.69. The number of H-pyrrole nitrogens is 1. The fourth-order valence-corrected chi connectivity index (χ4v) is 8.10. The molecule has 5 aromatic rings. The fraction of sp³-hybridized carbons (Fsp3) is 0.310. The number of rotatable bonds is 9. The predicted octanol–water partition coefficient (Wildman–Crippen LogP) is 8.35. The number of para-hydroxylation sites is 1. The van der Waals surface area contributed by atoms with Gasteiger partial charge in [0, 0.05) is 53.9 Å². The Labute approximate surface area is 325 Å². The molecule has 2 N–H and O–H groups in total. The molecule has 14 heteroatoms. The maximum Gasteiger partial charge on any atom is 0.417 e. The Hall–Kier alpha value is -4.98. The van der Waals surface area contributed by atoms with E-state index in [0.29, 0.717) is 25.9 Å². The van der Waals surface area contributed by atoms with Gasteiger partial charge >= 0.3 is 12.4 Å². The minimum atomic E-state index is -4.93. The van der Waals surface area contributed by atoms with Gasteiger partial charge in [0.2, 0.25) is 5.91 Å². The van der Waals surface area contributed by atoms with Crippen molar-refractivity contribution in [3.05, 3.63) is 143 Å². The van der Waals surface area contributed by atoms with Crippen LogP contribution in [0.3, 0.4) is 0 Å². The number of amides is 1. The minimum Gasteiger partial charge on any atom is -0.361 e. The molecule has 0 aliphatic carbocycles. The number of nitrogens with zero attached hydrogens (tertiary/aromatic N) is 2. The number of fused-ring (bicyclic) bond motifs is 1. The molecule has 7 rings (SSSR count). The van der Waals surface area contributed by atoms with Crippen molar-refractivity contribution in [3.8, 4) is 0 Å². The molecule has 0 bridgehead atoms. The first kappa shape index (κ1) is 40.7. The van der Waals surface area contributed by atoms with Crippen LogP contribution in [0, 0.1) is 0 Å². The van der Waals surface area contributed by atoms with Gasteiger partial charge in [-0.05, 0) is 54.5 Å². The molecule has 7 nitrogen and oxygen atoms in total. The van der Waals surface area contributed by atoms with Crippen molar-refractivity contribution in [2.75, 3.05) is 26.2 Å². The lowest BCUT2D eigenvalue weighted by Gasteiger charge is -2.46. The zero-order valence-corrected chi connectivity index (χ0v) is 30.8. The number of likely N-dealkylation sites (tertiary alicyclic amines) is 1. The molecule has 2 fully saturated rings. The molecule has 1 amide bonds. The number of nitrogens with one attached hydrogen (secondary N) is 2. The number of benzene rings is 4. The van der Waals surface area contributed by atoms with Crippen molar-refractivity contribution >= 4 is 40.8 Å². The highest BCUT2D eigenvalue weighted by atomic mass is 35.5. The number of aromatic amines is 1. The molecule has 3 heterocycles. The summed E-state index contributed by atoms with van der Waals surface area (Å²) >= 11 is 0. The fourth-order valence-electron chi connectivity index (χ4n) is 8.10. The maximum atomic E-state index is 14.8. The molecule has 0 saturated carbocycles. The van der Waals surface area contributed by atoms with Gasteiger partial charge in [-0.2, -0.15) is 26.3 Å². The summed E-state index contributed by atoms with van der Waals surface area (Å²) in [6.07, 6.45) is -6.77. The summed E-state index contributed by atoms with van der Waals surface area (Å²) in [5, 5.41) is 3.96. The summed E-state index contributed by atoms with van der Waals surface area (Å²) < 4.78 is 86.1. The minimum absolute atomic E-state index is 0. The highest BCUT2D eigenvalue weighted by Gasteiger charge is 2.48. The molecule has 4 aromatic carbocycles. The maximum absolute atomic E-state index is 14.8. The monoisotopic (exact) mass is 796 g/mol. The molecule has 3 unspecified atom stereocenters. The summed E-state index contributed by atoms with van der Waals surface area (Å²) in [7, 11) is 0. The number of carbonyl (C=O) groups is 3. The quantitative estimate of drug-likeness (QED) is 0.116. The SMILES string of the molecule is Cl.O=C(c1ccccc1C(F)(F)F)C1CNC(Cc2c[nH]c3ccccc23)C(C(=O)c2ccccc2C(F)(F)F)N1CC(=O)N1CCC(c2ccccc2)CC1. The Bertz CT molecular complexity index is 2180. The lowest BCUT2D eigenvalue weighted by atomic mass is 9.84. The molecule has 0 spiro atoms. The van der Waals surface area contributed by atoms with E-state index < -0.39 is 76.8 Å². The summed E-state index contributed by atoms with van der Waals surface area (Å²) in [5.41, 5.74) is -1.11. The van der Waals surface area contributed by atoms with Gasteiger partial charge in [-0.1, -0.05) is 84.9 Å². The van der Waals surface area contributed by atoms with Gasteiger partial charge < -0.3 is 15.2 Å². The Morgan fingerprint density at radius 3 is 1.88 bits per heavy atom. The zero-order valence-electron chi connectivity index (χ0n) is 29.9. The van der Waals surface area contributed by atoms with Crippen LogP contribution in [0.2, 0.25) is 0 Å². The van der Waals surface area contributed by atoms with Crippen LogP contribution in [0.5, 0.6) is 0 Å². The molecule has 56 heavy (non-hydrogen) atoms. The van der Waals surface area contributed by atoms with Crippen LogP contribution in [-0.4, -0.2) is 76.6 Å². The highest BCUT2D eigenvalue weighted by Crippen LogP contribution is 2.37. The van der Waals surface area contributed by atoms with Crippen LogP contribution >= 0.6 is 12.4 Å². The van der Waals surface area contributed by atoms with E-state index in [9.17, 15) is 40.7 Å². The number of aromatic nitrogens is 1. The molecule has 2 aliphatic heterocycles. The number of carbonyl (C=O) groups excluding carboxylic acids is 3. The number of piperidine rings is 1. The van der Waals surface area contributed by atoms with E-state index in [-0.39, 0.29) is 31.3 Å². The standard InChI is InChI=1S/C42H38F6N4O3.ClH/c43-41(44,45)32-15-7-4-13-30(32)39(54)36-24-50-35(22-28-23-49-34-17-9-6-12-29(28)34)38(40(55)31-14-5-8-16-33(31)42(46,47)48)52(36)25-37(53)51-20-18-27(19-21-51)26-10-2-1-3-11-26;/h1-17,23,27,35-36,38,49-50H,18-22,24-25H2;1H. The first-order valence-electron chi connectivity index (χ1n) is 18.1. The van der Waals surface area contributed by atoms with Gasteiger partial charge in [0.15, 0.2) is 11.6 Å². The van der Waals surface area contributed by atoms with Gasteiger partial charge in [-0.3, -0.25) is 19.3 Å². The Morgan fingerprint density at radius 1 is 0.696 bits per heavy atom. The summed E-state index contributed by atoms with van der Waals surface area (Å²) in [4.78, 5) is 49.4. The van der Waals surface area contributed by atoms with E-state index in [0.717, 1.165) is 58.4 Å². The molecular formula is C42H39ClF6N4O3. The molecule has 294 valence electrons. The first-order valence-corrected chi connectivity index (χ1v) is 18.1. The van der Waals surface area contributed by atoms with Crippen molar-refractivity contribution in [1.82, 2.24) is 20.1 Å². The normalized spacial score (nSPS) is 19.8. The van der Waals surface area contributed by atoms with E-state index in [1.165, 1.54) is 17.0 Å². The molecule has 1 aromatic heterocycles. The lowest BCUT2D eigenvalue weighted by molar-refractivity contribution is -0.138. The van der Waals surface area contributed by atoms with E-state index in [1.807, 2.05) is 54.6 Å². The van der Waals surface area contributed by atoms with E-state index >= 15 is 0 Å². The van der Waals surface area contributed by atoms with E-state index in [1.54, 1.807) is 11.1 Å². The van der Waals surface area contributed by atoms with Crippen molar-refractivity contribution < 1.29 is 40.7 Å². The van der Waals surface area contributed by atoms with Crippen molar-refractivity contribution in [2.45, 2.75) is 55.7 Å². The zero-order chi connectivity index (χ0) is 38.9. The topological polar surface area (TPSA) is 85.5 Å². The smallest absolute Gasteiger partial charge is 0.361 e. The third-order valence-electron chi connectivity index (χ3n) is 10.8. The second kappa shape index (κ2) is 16.6. The summed E-state index contributed by atoms with van der Waals surface area (Å²) in [6.45, 7) is -0.175. The molecule has 2 aliphatic rings. The van der Waals surface area contributed by atoms with Crippen LogP contribution in [-0.2, 0) is 23.6 Å². The molecular weight excluding hydrogens is 758 g/mol. The third-order valence-corrected chi connectivity index (χ3v) is 10.8. The van der Waals surface area contributed by atoms with Gasteiger partial charge in [-0.25, -0.2) is 0 Å². The molecule has 2 saturated heterocycles. The van der Waals surface area contributed by atoms with E-state index in [2.05, 4.69) is 10.3 Å². The second-order valence-corrected chi connectivity index (χ2v) is 14.1. The third kappa shape index (κ3) is 8.40. The summed E-state index contributed by atoms with van der Waals surface area (Å²) in [5.74, 6) is -2.32. The van der Waals surface area contributed by atoms with Crippen molar-refractivity contribution in [3.63, 3.8) is 0 Å². The van der Waals surface area contributed by atoms with Crippen molar-refractivity contribution in [1.29, 1.82) is 0 Å². The second-order valence-electron chi connectivity index (χ2n) is 14.1. The number of Topliss-reactive ketones (excluding diaryl/α,β-unsaturated/α-hetero) is 2. The van der Waals surface area contributed by atoms with Gasteiger partial charge in [-0.15, -0.1) is 12.4 Å². The number of piperazine rings is 1. The number of alkyl halides is 6. The number of hydrogen-bond donors (Lipinski definition) is 2. The van der Waals surface area contributed by atoms with Crippen LogP contribution in [0.4, 0.5) is 26.3 Å². The Kier molecular flexibility index (Phi) is 12.1. The van der Waals surface area contributed by atoms with Crippen LogP contribution in [0.15, 0.2) is 109 Å². The van der Waals surface area contributed by atoms with Crippen LogP contribution in [0.1, 0.15) is 61.7 Å². The van der Waals surface area contributed by atoms with Crippen LogP contribution in [0.25, 0.3) is 10.9 Å². The molecule has 3 atom stereocenters. The van der Waals surface area contributed by atoms with Gasteiger partial charge in [0.05, 0.1) is 29.8 Å². The first-order chi connectivity index (χ1) is 26.3. The van der Waals surface area contributed by atoms with Crippen LogP contribution < -0.4 is 5.32 Å². The van der Waals surface area contributed by atoms with Crippen molar-refractivity contribution in [2.24, 2.45) is 0 Å². The average molecular weight is 797 g/mol. The molecule has 0 radical (unpaired) electrons. The van der Waals surface area contributed by atoms with Gasteiger partial charge in [0.25, 0.3) is 0 Å². The number of halogens is 7. The number of ketones is 2. The Morgan fingerprint density at radius 2 is 1.25 bits per heavy atom. The summed E-state index contributed by atoms with van der Waals surface area (Å²) in [6, 6.07) is 21.6. The Balaban J connectivity index is 0.00000532. The predicted molar refractivity (Wildman–Crippen MR) is 202 cm³/mol. The highest BCUT2D eigenvalue weighted by molar-refractivity contribution is 6.05. The average Bonchev–Trinajstić information content (AvgIpc) is 3.59. The van der Waals surface area contributed by atoms with Gasteiger partial charge in [0.1, 0.15) is 0 Å². The largest absolute Gasteiger partial charge is 0.417 e. The number of hydrogen-bond acceptors (Lipinski definition) is 5. The van der Waals surface area contributed by atoms with E-state index in [4.69, 9.17) is 0 Å².